The lowest BCUT2D eigenvalue weighted by molar-refractivity contribution is -0.184. The van der Waals surface area contributed by atoms with Crippen LogP contribution in [0, 0.1) is 22.7 Å². The highest BCUT2D eigenvalue weighted by Gasteiger charge is 2.69. The van der Waals surface area contributed by atoms with Crippen LogP contribution in [0.3, 0.4) is 0 Å². The summed E-state index contributed by atoms with van der Waals surface area (Å²) in [6, 6.07) is 0. The topological polar surface area (TPSA) is 37.3 Å². The van der Waals surface area contributed by atoms with E-state index in [0.29, 0.717) is 6.42 Å². The molecule has 1 N–H and O–H groups in total. The van der Waals surface area contributed by atoms with E-state index in [9.17, 15) is 9.32 Å². The lowest BCUT2D eigenvalue weighted by Gasteiger charge is -2.61. The van der Waals surface area contributed by atoms with Gasteiger partial charge in [0.25, 0.3) is 0 Å². The van der Waals surface area contributed by atoms with Gasteiger partial charge in [0.05, 0.1) is 6.10 Å². The number of hydrogen-bond donors (Lipinski definition) is 1. The average Bonchev–Trinajstić information content (AvgIpc) is 2.85. The van der Waals surface area contributed by atoms with Crippen molar-refractivity contribution in [3.05, 3.63) is 34.8 Å². The van der Waals surface area contributed by atoms with Gasteiger partial charge in [0, 0.05) is 38.7 Å². The van der Waals surface area contributed by atoms with Crippen LogP contribution in [0.15, 0.2) is 34.8 Å². The highest BCUT2D eigenvalue weighted by molar-refractivity contribution is 7.88. The number of hydrogen-bond acceptors (Lipinski definition) is 2. The fourth-order valence-corrected chi connectivity index (χ4v) is 7.55. The second-order valence-corrected chi connectivity index (χ2v) is 9.83. The summed E-state index contributed by atoms with van der Waals surface area (Å²) < 4.78 is 28.8. The third-order valence-corrected chi connectivity index (χ3v) is 8.77. The summed E-state index contributed by atoms with van der Waals surface area (Å²) >= 11 is 0. The van der Waals surface area contributed by atoms with Crippen molar-refractivity contribution in [1.82, 2.24) is 0 Å². The maximum atomic E-state index is 16.6. The second kappa shape index (κ2) is 5.14. The number of aliphatic hydroxyl groups is 1. The molecule has 2 nitrogen and oxygen atoms in total. The van der Waals surface area contributed by atoms with Crippen LogP contribution >= 0.6 is 0 Å². The number of fused-ring (bicyclic) bond motifs is 5. The Morgan fingerprint density at radius 1 is 1.29 bits per heavy atom. The molecule has 132 valence electrons. The molecule has 0 bridgehead atoms. The third-order valence-electron chi connectivity index (χ3n) is 7.52. The zero-order valence-corrected chi connectivity index (χ0v) is 15.5. The van der Waals surface area contributed by atoms with Gasteiger partial charge < -0.3 is 5.11 Å². The molecular formula is C20H27FO2S. The summed E-state index contributed by atoms with van der Waals surface area (Å²) in [5.41, 5.74) is -1.52. The van der Waals surface area contributed by atoms with Crippen molar-refractivity contribution in [1.29, 1.82) is 0 Å². The quantitative estimate of drug-likeness (QED) is 0.725. The zero-order valence-electron chi connectivity index (χ0n) is 14.7. The van der Waals surface area contributed by atoms with Gasteiger partial charge >= 0.3 is 0 Å². The fourth-order valence-electron chi connectivity index (χ4n) is 6.33. The van der Waals surface area contributed by atoms with Gasteiger partial charge in [0.2, 0.25) is 0 Å². The van der Waals surface area contributed by atoms with Crippen molar-refractivity contribution >= 4 is 10.8 Å². The van der Waals surface area contributed by atoms with Crippen molar-refractivity contribution in [3.8, 4) is 0 Å². The second-order valence-electron chi connectivity index (χ2n) is 8.49. The van der Waals surface area contributed by atoms with Crippen LogP contribution in [0.25, 0.3) is 0 Å². The maximum absolute atomic E-state index is 16.6. The lowest BCUT2D eigenvalue weighted by Crippen LogP contribution is -2.66. The van der Waals surface area contributed by atoms with Gasteiger partial charge in [-0.15, -0.1) is 0 Å². The molecule has 0 amide bonds. The van der Waals surface area contributed by atoms with Gasteiger partial charge in [-0.3, -0.25) is 4.21 Å². The molecule has 4 aliphatic carbocycles. The van der Waals surface area contributed by atoms with Gasteiger partial charge in [0.1, 0.15) is 0 Å². The number of halogens is 1. The van der Waals surface area contributed by atoms with E-state index >= 15 is 4.39 Å². The molecule has 2 saturated carbocycles. The first-order valence-corrected chi connectivity index (χ1v) is 10.6. The van der Waals surface area contributed by atoms with Crippen LogP contribution in [0.1, 0.15) is 46.0 Å². The first-order valence-electron chi connectivity index (χ1n) is 9.03. The Bertz CT molecular complexity index is 696. The number of rotatable bonds is 1. The number of allylic oxidation sites excluding steroid dienone is 6. The van der Waals surface area contributed by atoms with Gasteiger partial charge in [-0.1, -0.05) is 36.8 Å². The molecule has 0 radical (unpaired) electrons. The fraction of sp³-hybridized carbons (Fsp3) is 0.700. The Balaban J connectivity index is 1.81. The highest BCUT2D eigenvalue weighted by atomic mass is 32.2. The minimum Gasteiger partial charge on any atom is -0.390 e. The van der Waals surface area contributed by atoms with Crippen LogP contribution in [0.4, 0.5) is 4.39 Å². The molecule has 4 heteroatoms. The smallest absolute Gasteiger partial charge is 0.152 e. The maximum Gasteiger partial charge on any atom is 0.152 e. The van der Waals surface area contributed by atoms with Crippen molar-refractivity contribution in [2.24, 2.45) is 22.7 Å². The molecule has 0 aliphatic heterocycles. The van der Waals surface area contributed by atoms with Crippen molar-refractivity contribution in [2.75, 3.05) is 6.26 Å². The Hall–Kier alpha value is -0.740. The first kappa shape index (κ1) is 16.7. The van der Waals surface area contributed by atoms with Crippen LogP contribution in [-0.2, 0) is 10.8 Å². The standard InChI is InChI=1S/C20H27FO2S/c1-18-12-16(22)20(21)15(14(18)9-10-17(18)24(3)23)8-7-13-6-4-5-11-19(13,20)2/h5-6,10-11,14-16,22H,4,7-9,12H2,1-3H3/t14-,15-,16-,18-,19-,20-,24?/m0/s1. The molecule has 0 aromatic rings. The molecule has 0 saturated heterocycles. The van der Waals surface area contributed by atoms with E-state index in [4.69, 9.17) is 0 Å². The van der Waals surface area contributed by atoms with Gasteiger partial charge in [-0.05, 0) is 44.9 Å². The molecule has 0 heterocycles. The summed E-state index contributed by atoms with van der Waals surface area (Å²) in [5.74, 6) is -0.0491. The summed E-state index contributed by atoms with van der Waals surface area (Å²) in [4.78, 5) is 0.916. The van der Waals surface area contributed by atoms with Crippen LogP contribution in [-0.4, -0.2) is 27.3 Å². The normalized spacial score (nSPS) is 51.1. The summed E-state index contributed by atoms with van der Waals surface area (Å²) in [7, 11) is -1.06. The van der Waals surface area contributed by atoms with Crippen molar-refractivity contribution < 1.29 is 13.7 Å². The van der Waals surface area contributed by atoms with E-state index < -0.39 is 28.0 Å². The summed E-state index contributed by atoms with van der Waals surface area (Å²) in [6.45, 7) is 4.05. The SMILES string of the molecule is CS(=O)C1=CC[C@H]2[C@@H]3CCC4=CCC=C[C@]4(C)[C@@]3(F)[C@@H](O)C[C@]12C. The van der Waals surface area contributed by atoms with Crippen molar-refractivity contribution in [2.45, 2.75) is 57.7 Å². The molecule has 2 fully saturated rings. The van der Waals surface area contributed by atoms with E-state index in [1.165, 1.54) is 0 Å². The summed E-state index contributed by atoms with van der Waals surface area (Å²) in [6.07, 6.45) is 12.6. The van der Waals surface area contributed by atoms with E-state index in [1.54, 1.807) is 6.26 Å². The predicted octanol–water partition coefficient (Wildman–Crippen LogP) is 4.05. The molecule has 7 atom stereocenters. The van der Waals surface area contributed by atoms with Gasteiger partial charge in [-0.25, -0.2) is 4.39 Å². The third kappa shape index (κ3) is 1.82. The lowest BCUT2D eigenvalue weighted by atomic mass is 9.46. The van der Waals surface area contributed by atoms with Crippen LogP contribution < -0.4 is 0 Å². The van der Waals surface area contributed by atoms with Crippen LogP contribution in [0.5, 0.6) is 0 Å². The van der Waals surface area contributed by atoms with Crippen LogP contribution in [0.2, 0.25) is 0 Å². The Labute approximate surface area is 146 Å². The first-order chi connectivity index (χ1) is 11.2. The van der Waals surface area contributed by atoms with Gasteiger partial charge in [-0.2, -0.15) is 0 Å². The monoisotopic (exact) mass is 350 g/mol. The minimum absolute atomic E-state index is 0.138. The minimum atomic E-state index is -1.63. The van der Waals surface area contributed by atoms with E-state index in [-0.39, 0.29) is 17.3 Å². The summed E-state index contributed by atoms with van der Waals surface area (Å²) in [5, 5.41) is 11.0. The molecule has 0 aromatic carbocycles. The molecule has 24 heavy (non-hydrogen) atoms. The van der Waals surface area contributed by atoms with E-state index in [2.05, 4.69) is 19.1 Å². The van der Waals surface area contributed by atoms with Gasteiger partial charge in [0.15, 0.2) is 5.67 Å². The highest BCUT2D eigenvalue weighted by Crippen LogP contribution is 2.67. The Kier molecular flexibility index (Phi) is 3.58. The molecule has 4 aliphatic rings. The Morgan fingerprint density at radius 2 is 2.04 bits per heavy atom. The number of aliphatic hydroxyl groups excluding tert-OH is 1. The van der Waals surface area contributed by atoms with Crippen molar-refractivity contribution in [3.63, 3.8) is 0 Å². The molecular weight excluding hydrogens is 323 g/mol. The van der Waals surface area contributed by atoms with E-state index in [0.717, 1.165) is 36.2 Å². The predicted molar refractivity (Wildman–Crippen MR) is 95.5 cm³/mol. The molecule has 1 unspecified atom stereocenters. The molecule has 0 aromatic heterocycles. The number of alkyl halides is 1. The average molecular weight is 350 g/mol. The zero-order chi connectivity index (χ0) is 17.3. The largest absolute Gasteiger partial charge is 0.390 e. The van der Waals surface area contributed by atoms with E-state index in [1.807, 2.05) is 19.1 Å². The molecule has 4 rings (SSSR count). The Morgan fingerprint density at radius 3 is 2.75 bits per heavy atom. The molecule has 0 spiro atoms.